The number of carbonyl (C=O) groups is 2. The van der Waals surface area contributed by atoms with Crippen molar-refractivity contribution in [3.63, 3.8) is 0 Å². The standard InChI is InChI=1S/C32H39N3O5S/c1-3-30(32(37)33-26-16-9-5-10-17-26)34(23-25-14-7-4-8-15-25)31(36)24-35(27-18-13-19-28(22-27)40-2)41(38,39)29-20-11-6-12-21-29/h4,6-8,11-15,18-22,26,30H,3,5,9-10,16-17,23-24H2,1-2H3,(H,33,37). The molecule has 0 bridgehead atoms. The Morgan fingerprint density at radius 2 is 1.59 bits per heavy atom. The Kier molecular flexibility index (Phi) is 10.4. The zero-order valence-corrected chi connectivity index (χ0v) is 24.6. The normalized spacial score (nSPS) is 14.6. The van der Waals surface area contributed by atoms with Gasteiger partial charge in [0.15, 0.2) is 0 Å². The summed E-state index contributed by atoms with van der Waals surface area (Å²) >= 11 is 0. The van der Waals surface area contributed by atoms with Crippen LogP contribution < -0.4 is 14.4 Å². The Morgan fingerprint density at radius 1 is 0.927 bits per heavy atom. The topological polar surface area (TPSA) is 96.0 Å². The van der Waals surface area contributed by atoms with Crippen LogP contribution in [0.25, 0.3) is 0 Å². The largest absolute Gasteiger partial charge is 0.497 e. The quantitative estimate of drug-likeness (QED) is 0.321. The third-order valence-electron chi connectivity index (χ3n) is 7.48. The fraction of sp³-hybridized carbons (Fsp3) is 0.375. The first-order chi connectivity index (χ1) is 19.8. The van der Waals surface area contributed by atoms with Crippen LogP contribution in [0.15, 0.2) is 89.8 Å². The van der Waals surface area contributed by atoms with Gasteiger partial charge in [-0.1, -0.05) is 80.8 Å². The van der Waals surface area contributed by atoms with Gasteiger partial charge < -0.3 is 15.0 Å². The number of nitrogens with one attached hydrogen (secondary N) is 1. The van der Waals surface area contributed by atoms with Gasteiger partial charge in [0.2, 0.25) is 11.8 Å². The van der Waals surface area contributed by atoms with E-state index in [9.17, 15) is 18.0 Å². The molecule has 0 heterocycles. The smallest absolute Gasteiger partial charge is 0.264 e. The summed E-state index contributed by atoms with van der Waals surface area (Å²) in [5, 5.41) is 3.17. The van der Waals surface area contributed by atoms with Crippen molar-refractivity contribution in [3.8, 4) is 5.75 Å². The Bertz CT molecular complexity index is 1390. The molecular formula is C32H39N3O5S. The van der Waals surface area contributed by atoms with Gasteiger partial charge in [-0.3, -0.25) is 13.9 Å². The summed E-state index contributed by atoms with van der Waals surface area (Å²) in [6, 6.07) is 23.4. The fourth-order valence-corrected chi connectivity index (χ4v) is 6.69. The number of hydrogen-bond donors (Lipinski definition) is 1. The number of anilines is 1. The molecule has 3 aromatic rings. The lowest BCUT2D eigenvalue weighted by Crippen LogP contribution is -2.54. The van der Waals surface area contributed by atoms with E-state index >= 15 is 0 Å². The van der Waals surface area contributed by atoms with Crippen LogP contribution in [-0.2, 0) is 26.2 Å². The Hall–Kier alpha value is -3.85. The molecule has 4 rings (SSSR count). The summed E-state index contributed by atoms with van der Waals surface area (Å²) in [6.45, 7) is 1.56. The molecule has 3 aromatic carbocycles. The van der Waals surface area contributed by atoms with Crippen LogP contribution in [-0.4, -0.2) is 50.9 Å². The molecule has 41 heavy (non-hydrogen) atoms. The molecule has 1 saturated carbocycles. The number of rotatable bonds is 12. The summed E-state index contributed by atoms with van der Waals surface area (Å²) in [6.07, 6.45) is 5.55. The molecule has 0 aliphatic heterocycles. The predicted octanol–water partition coefficient (Wildman–Crippen LogP) is 5.15. The molecule has 218 valence electrons. The molecular weight excluding hydrogens is 538 g/mol. The van der Waals surface area contributed by atoms with Crippen LogP contribution in [0.3, 0.4) is 0 Å². The molecule has 1 aliphatic rings. The Morgan fingerprint density at radius 3 is 2.22 bits per heavy atom. The van der Waals surface area contributed by atoms with Crippen LogP contribution in [0.5, 0.6) is 5.75 Å². The zero-order valence-electron chi connectivity index (χ0n) is 23.7. The van der Waals surface area contributed by atoms with Crippen molar-refractivity contribution in [2.75, 3.05) is 18.0 Å². The second-order valence-electron chi connectivity index (χ2n) is 10.3. The average molecular weight is 578 g/mol. The van der Waals surface area contributed by atoms with Gasteiger partial charge >= 0.3 is 0 Å². The number of benzene rings is 3. The summed E-state index contributed by atoms with van der Waals surface area (Å²) in [5.74, 6) is -0.216. The monoisotopic (exact) mass is 577 g/mol. The van der Waals surface area contributed by atoms with E-state index in [2.05, 4.69) is 5.32 Å². The number of hydrogen-bond acceptors (Lipinski definition) is 5. The Labute approximate surface area is 243 Å². The molecule has 0 aromatic heterocycles. The third kappa shape index (κ3) is 7.67. The summed E-state index contributed by atoms with van der Waals surface area (Å²) in [7, 11) is -2.63. The predicted molar refractivity (Wildman–Crippen MR) is 160 cm³/mol. The lowest BCUT2D eigenvalue weighted by atomic mass is 9.95. The highest BCUT2D eigenvalue weighted by atomic mass is 32.2. The minimum Gasteiger partial charge on any atom is -0.497 e. The van der Waals surface area contributed by atoms with Gasteiger partial charge in [-0.05, 0) is 49.1 Å². The highest BCUT2D eigenvalue weighted by molar-refractivity contribution is 7.92. The van der Waals surface area contributed by atoms with Crippen LogP contribution in [0.2, 0.25) is 0 Å². The number of sulfonamides is 1. The molecule has 9 heteroatoms. The van der Waals surface area contributed by atoms with Crippen molar-refractivity contribution in [2.24, 2.45) is 0 Å². The van der Waals surface area contributed by atoms with Gasteiger partial charge in [0.25, 0.3) is 10.0 Å². The van der Waals surface area contributed by atoms with Gasteiger partial charge in [-0.15, -0.1) is 0 Å². The highest BCUT2D eigenvalue weighted by Gasteiger charge is 2.34. The number of amides is 2. The van der Waals surface area contributed by atoms with Gasteiger partial charge in [-0.25, -0.2) is 8.42 Å². The summed E-state index contributed by atoms with van der Waals surface area (Å²) in [4.78, 5) is 29.3. The van der Waals surface area contributed by atoms with Crippen LogP contribution in [0, 0.1) is 0 Å². The van der Waals surface area contributed by atoms with Crippen molar-refractivity contribution in [1.29, 1.82) is 0 Å². The molecule has 1 N–H and O–H groups in total. The second kappa shape index (κ2) is 14.2. The van der Waals surface area contributed by atoms with Crippen molar-refractivity contribution in [2.45, 2.75) is 69.0 Å². The maximum absolute atomic E-state index is 14.2. The van der Waals surface area contributed by atoms with Crippen molar-refractivity contribution in [1.82, 2.24) is 10.2 Å². The minimum atomic E-state index is -4.13. The lowest BCUT2D eigenvalue weighted by molar-refractivity contribution is -0.140. The number of nitrogens with zero attached hydrogens (tertiary/aromatic N) is 2. The third-order valence-corrected chi connectivity index (χ3v) is 9.27. The van der Waals surface area contributed by atoms with Crippen molar-refractivity contribution in [3.05, 3.63) is 90.5 Å². The molecule has 0 saturated heterocycles. The van der Waals surface area contributed by atoms with Crippen molar-refractivity contribution < 1.29 is 22.7 Å². The van der Waals surface area contributed by atoms with E-state index in [0.29, 0.717) is 17.9 Å². The molecule has 8 nitrogen and oxygen atoms in total. The van der Waals surface area contributed by atoms with Crippen LogP contribution in [0.1, 0.15) is 51.0 Å². The molecule has 0 radical (unpaired) electrons. The average Bonchev–Trinajstić information content (AvgIpc) is 3.01. The first kappa shape index (κ1) is 30.1. The first-order valence-corrected chi connectivity index (χ1v) is 15.6. The number of methoxy groups -OCH3 is 1. The lowest BCUT2D eigenvalue weighted by Gasteiger charge is -2.34. The van der Waals surface area contributed by atoms with E-state index in [1.54, 1.807) is 42.5 Å². The SMILES string of the molecule is CCC(C(=O)NC1CCCCC1)N(Cc1ccccc1)C(=O)CN(c1cccc(OC)c1)S(=O)(=O)c1ccccc1. The molecule has 1 fully saturated rings. The molecule has 1 unspecified atom stereocenters. The van der Waals surface area contributed by atoms with Gasteiger partial charge in [0.1, 0.15) is 18.3 Å². The highest BCUT2D eigenvalue weighted by Crippen LogP contribution is 2.28. The Balaban J connectivity index is 1.69. The maximum Gasteiger partial charge on any atom is 0.264 e. The molecule has 2 amide bonds. The van der Waals surface area contributed by atoms with Crippen LogP contribution in [0.4, 0.5) is 5.69 Å². The van der Waals surface area contributed by atoms with Gasteiger partial charge in [0, 0.05) is 18.7 Å². The molecule has 0 spiro atoms. The fourth-order valence-electron chi connectivity index (χ4n) is 5.26. The van der Waals surface area contributed by atoms with E-state index < -0.39 is 28.5 Å². The maximum atomic E-state index is 14.2. The van der Waals surface area contributed by atoms with E-state index in [4.69, 9.17) is 4.74 Å². The second-order valence-corrected chi connectivity index (χ2v) is 12.2. The van der Waals surface area contributed by atoms with Crippen molar-refractivity contribution >= 4 is 27.5 Å². The van der Waals surface area contributed by atoms with E-state index in [0.717, 1.165) is 42.0 Å². The summed E-state index contributed by atoms with van der Waals surface area (Å²) in [5.41, 5.74) is 1.14. The van der Waals surface area contributed by atoms with Gasteiger partial charge in [0.05, 0.1) is 17.7 Å². The van der Waals surface area contributed by atoms with E-state index in [-0.39, 0.29) is 23.4 Å². The van der Waals surface area contributed by atoms with Crippen LogP contribution >= 0.6 is 0 Å². The number of carbonyl (C=O) groups excluding carboxylic acids is 2. The minimum absolute atomic E-state index is 0.0623. The first-order valence-electron chi connectivity index (χ1n) is 14.2. The number of ether oxygens (including phenoxy) is 1. The van der Waals surface area contributed by atoms with E-state index in [1.807, 2.05) is 37.3 Å². The zero-order chi connectivity index (χ0) is 29.2. The molecule has 1 atom stereocenters. The van der Waals surface area contributed by atoms with E-state index in [1.165, 1.54) is 24.1 Å². The summed E-state index contributed by atoms with van der Waals surface area (Å²) < 4.78 is 34.3. The molecule has 1 aliphatic carbocycles. The van der Waals surface area contributed by atoms with Gasteiger partial charge in [-0.2, -0.15) is 0 Å².